The molecule has 125 valence electrons. The van der Waals surface area contributed by atoms with E-state index in [0.29, 0.717) is 10.4 Å². The number of nitrogens with zero attached hydrogens (tertiary/aromatic N) is 2. The Balaban J connectivity index is 1.99. The highest BCUT2D eigenvalue weighted by Gasteiger charge is 2.20. The van der Waals surface area contributed by atoms with Gasteiger partial charge in [0.05, 0.1) is 21.2 Å². The molecule has 25 heavy (non-hydrogen) atoms. The number of nitro benzene ring substituents is 1. The first kappa shape index (κ1) is 16.9. The van der Waals surface area contributed by atoms with Crippen molar-refractivity contribution in [2.75, 3.05) is 5.32 Å². The van der Waals surface area contributed by atoms with Crippen LogP contribution < -0.4 is 21.1 Å². The third-order valence-electron chi connectivity index (χ3n) is 3.45. The average molecular weight is 377 g/mol. The van der Waals surface area contributed by atoms with E-state index in [1.807, 2.05) is 0 Å². The minimum absolute atomic E-state index is 0.0636. The number of halogens is 2. The molecule has 1 N–H and O–H groups in total. The number of hydrogen-bond acceptors (Lipinski definition) is 4. The zero-order valence-corrected chi connectivity index (χ0v) is 13.8. The van der Waals surface area contributed by atoms with Crippen molar-refractivity contribution in [3.63, 3.8) is 0 Å². The van der Waals surface area contributed by atoms with Crippen molar-refractivity contribution in [3.8, 4) is 0 Å². The van der Waals surface area contributed by atoms with Gasteiger partial charge in [-0.3, -0.25) is 19.7 Å². The summed E-state index contributed by atoms with van der Waals surface area (Å²) in [7, 11) is 0. The molecule has 0 aromatic heterocycles. The Kier molecular flexibility index (Phi) is 4.43. The SMILES string of the molecule is O=C1C=c2cc(NC(=O)c3cccc([N+](=O)[O-])c3Cl)c(Cl)cc2=C[N]1. The quantitative estimate of drug-likeness (QED) is 0.651. The van der Waals surface area contributed by atoms with Crippen molar-refractivity contribution in [3.05, 3.63) is 66.5 Å². The van der Waals surface area contributed by atoms with Crippen molar-refractivity contribution in [1.29, 1.82) is 0 Å². The number of anilines is 1. The molecule has 0 aliphatic carbocycles. The molecule has 1 heterocycles. The molecule has 0 bridgehead atoms. The summed E-state index contributed by atoms with van der Waals surface area (Å²) < 4.78 is 0. The molecule has 0 fully saturated rings. The maximum absolute atomic E-state index is 12.4. The number of nitro groups is 1. The lowest BCUT2D eigenvalue weighted by molar-refractivity contribution is -0.384. The summed E-state index contributed by atoms with van der Waals surface area (Å²) in [4.78, 5) is 34.0. The zero-order valence-electron chi connectivity index (χ0n) is 12.3. The van der Waals surface area contributed by atoms with Gasteiger partial charge in [0.25, 0.3) is 17.5 Å². The van der Waals surface area contributed by atoms with Gasteiger partial charge in [0.2, 0.25) is 0 Å². The number of rotatable bonds is 3. The van der Waals surface area contributed by atoms with Crippen LogP contribution in [0.25, 0.3) is 12.3 Å². The maximum atomic E-state index is 12.4. The number of fused-ring (bicyclic) bond motifs is 1. The van der Waals surface area contributed by atoms with Gasteiger partial charge in [0.15, 0.2) is 0 Å². The molecule has 0 atom stereocenters. The Labute approximate surface area is 150 Å². The number of amides is 2. The van der Waals surface area contributed by atoms with E-state index in [9.17, 15) is 19.7 Å². The summed E-state index contributed by atoms with van der Waals surface area (Å²) in [6.07, 6.45) is 2.69. The largest absolute Gasteiger partial charge is 0.321 e. The smallest absolute Gasteiger partial charge is 0.288 e. The molecule has 0 spiro atoms. The van der Waals surface area contributed by atoms with E-state index in [4.69, 9.17) is 23.2 Å². The summed E-state index contributed by atoms with van der Waals surface area (Å²) in [5.74, 6) is -1.08. The summed E-state index contributed by atoms with van der Waals surface area (Å²) in [6.45, 7) is 0. The van der Waals surface area contributed by atoms with Crippen LogP contribution in [0.1, 0.15) is 10.4 Å². The van der Waals surface area contributed by atoms with E-state index in [-0.39, 0.29) is 27.0 Å². The van der Waals surface area contributed by atoms with Crippen molar-refractivity contribution in [1.82, 2.24) is 5.32 Å². The van der Waals surface area contributed by atoms with E-state index in [0.717, 1.165) is 0 Å². The van der Waals surface area contributed by atoms with Crippen molar-refractivity contribution < 1.29 is 14.5 Å². The molecule has 3 rings (SSSR count). The molecule has 2 aromatic carbocycles. The second-order valence-corrected chi connectivity index (χ2v) is 5.84. The highest BCUT2D eigenvalue weighted by Crippen LogP contribution is 2.28. The highest BCUT2D eigenvalue weighted by molar-refractivity contribution is 6.37. The molecule has 2 aromatic rings. The zero-order chi connectivity index (χ0) is 18.1. The number of carbonyl (C=O) groups is 2. The molecular weight excluding hydrogens is 369 g/mol. The summed E-state index contributed by atoms with van der Waals surface area (Å²) in [5, 5.41) is 18.2. The molecule has 2 amide bonds. The van der Waals surface area contributed by atoms with E-state index in [1.165, 1.54) is 36.5 Å². The van der Waals surface area contributed by atoms with E-state index < -0.39 is 16.7 Å². The summed E-state index contributed by atoms with van der Waals surface area (Å²) in [5.41, 5.74) is -0.195. The predicted octanol–water partition coefficient (Wildman–Crippen LogP) is 1.82. The first-order valence-electron chi connectivity index (χ1n) is 6.87. The lowest BCUT2D eigenvalue weighted by Crippen LogP contribution is -2.33. The van der Waals surface area contributed by atoms with Crippen LogP contribution in [0.4, 0.5) is 11.4 Å². The Morgan fingerprint density at radius 3 is 2.68 bits per heavy atom. The maximum Gasteiger partial charge on any atom is 0.288 e. The van der Waals surface area contributed by atoms with Crippen molar-refractivity contribution in [2.45, 2.75) is 0 Å². The van der Waals surface area contributed by atoms with Gasteiger partial charge in [-0.05, 0) is 23.4 Å². The molecule has 0 saturated heterocycles. The second kappa shape index (κ2) is 6.54. The Hall–Kier alpha value is -2.90. The predicted molar refractivity (Wildman–Crippen MR) is 92.8 cm³/mol. The minimum Gasteiger partial charge on any atom is -0.321 e. The van der Waals surface area contributed by atoms with Gasteiger partial charge in [-0.25, -0.2) is 5.32 Å². The number of benzene rings is 2. The second-order valence-electron chi connectivity index (χ2n) is 5.05. The minimum atomic E-state index is -0.676. The van der Waals surface area contributed by atoms with Gasteiger partial charge in [-0.1, -0.05) is 29.3 Å². The third-order valence-corrected chi connectivity index (χ3v) is 4.16. The Morgan fingerprint density at radius 1 is 1.20 bits per heavy atom. The third kappa shape index (κ3) is 3.33. The molecule has 7 nitrogen and oxygen atoms in total. The lowest BCUT2D eigenvalue weighted by Gasteiger charge is -2.10. The van der Waals surface area contributed by atoms with Crippen LogP contribution in [0, 0.1) is 10.1 Å². The monoisotopic (exact) mass is 376 g/mol. The van der Waals surface area contributed by atoms with Gasteiger partial charge < -0.3 is 5.32 Å². The van der Waals surface area contributed by atoms with Crippen LogP contribution >= 0.6 is 23.2 Å². The fourth-order valence-electron chi connectivity index (χ4n) is 2.27. The molecule has 1 aliphatic heterocycles. The number of nitrogens with one attached hydrogen (secondary N) is 1. The molecule has 0 saturated carbocycles. The topological polar surface area (TPSA) is 103 Å². The molecule has 1 radical (unpaired) electrons. The molecular formula is C16H8Cl2N3O4. The fraction of sp³-hybridized carbons (Fsp3) is 0. The molecule has 9 heteroatoms. The van der Waals surface area contributed by atoms with Crippen LogP contribution in [0.15, 0.2) is 30.3 Å². The van der Waals surface area contributed by atoms with Gasteiger partial charge in [-0.15, -0.1) is 0 Å². The Bertz CT molecular complexity index is 1050. The van der Waals surface area contributed by atoms with Gasteiger partial charge in [-0.2, -0.15) is 0 Å². The summed E-state index contributed by atoms with van der Waals surface area (Å²) in [6, 6.07) is 6.98. The lowest BCUT2D eigenvalue weighted by atomic mass is 10.1. The number of carbonyl (C=O) groups excluding carboxylic acids is 2. The number of hydrogen-bond donors (Lipinski definition) is 1. The first-order valence-corrected chi connectivity index (χ1v) is 7.63. The van der Waals surface area contributed by atoms with Gasteiger partial charge in [0.1, 0.15) is 5.02 Å². The van der Waals surface area contributed by atoms with E-state index in [1.54, 1.807) is 6.07 Å². The molecule has 0 unspecified atom stereocenters. The average Bonchev–Trinajstić information content (AvgIpc) is 2.55. The highest BCUT2D eigenvalue weighted by atomic mass is 35.5. The molecule has 1 aliphatic rings. The van der Waals surface area contributed by atoms with Crippen molar-refractivity contribution in [2.24, 2.45) is 0 Å². The summed E-state index contributed by atoms with van der Waals surface area (Å²) >= 11 is 12.1. The van der Waals surface area contributed by atoms with Gasteiger partial charge >= 0.3 is 0 Å². The fourth-order valence-corrected chi connectivity index (χ4v) is 2.77. The van der Waals surface area contributed by atoms with Gasteiger partial charge in [0, 0.05) is 23.6 Å². The standard InChI is InChI=1S/C16H8Cl2N3O4/c17-11-4-9-7-19-14(22)6-8(9)5-12(11)20-16(23)10-2-1-3-13(15(10)18)21(24)25/h1-7H,(H,20,23). The first-order chi connectivity index (χ1) is 11.9. The van der Waals surface area contributed by atoms with Crippen LogP contribution in [0.2, 0.25) is 10.0 Å². The Morgan fingerprint density at radius 2 is 1.96 bits per heavy atom. The van der Waals surface area contributed by atoms with Crippen LogP contribution in [-0.2, 0) is 4.79 Å². The van der Waals surface area contributed by atoms with E-state index >= 15 is 0 Å². The van der Waals surface area contributed by atoms with E-state index in [2.05, 4.69) is 10.6 Å². The van der Waals surface area contributed by atoms with Crippen LogP contribution in [0.3, 0.4) is 0 Å². The van der Waals surface area contributed by atoms with Crippen LogP contribution in [0.5, 0.6) is 0 Å². The normalized spacial score (nSPS) is 12.3. The van der Waals surface area contributed by atoms with Crippen LogP contribution in [-0.4, -0.2) is 16.7 Å². The van der Waals surface area contributed by atoms with Crippen molar-refractivity contribution >= 4 is 58.7 Å².